The van der Waals surface area contributed by atoms with Gasteiger partial charge in [-0.3, -0.25) is 0 Å². The third-order valence-electron chi connectivity index (χ3n) is 9.55. The summed E-state index contributed by atoms with van der Waals surface area (Å²) in [6.45, 7) is 0. The van der Waals surface area contributed by atoms with Crippen molar-refractivity contribution < 1.29 is 0 Å². The molecular formula is C47H29N3. The predicted octanol–water partition coefficient (Wildman–Crippen LogP) is 12.1. The molecule has 1 aromatic heterocycles. The number of rotatable bonds is 5. The van der Waals surface area contributed by atoms with Gasteiger partial charge in [-0.2, -0.15) is 5.26 Å². The minimum atomic E-state index is 0.666. The quantitative estimate of drug-likeness (QED) is 0.189. The van der Waals surface area contributed by atoms with Gasteiger partial charge in [0.05, 0.1) is 34.1 Å². The molecule has 3 nitrogen and oxygen atoms in total. The molecule has 0 unspecified atom stereocenters. The molecule has 0 radical (unpaired) electrons. The molecule has 0 saturated heterocycles. The Morgan fingerprint density at radius 1 is 0.340 bits per heavy atom. The van der Waals surface area contributed by atoms with Gasteiger partial charge in [-0.15, -0.1) is 0 Å². The lowest BCUT2D eigenvalue weighted by atomic mass is 9.91. The molecule has 0 spiro atoms. The maximum Gasteiger partial charge on any atom is 0.0991 e. The molecule has 50 heavy (non-hydrogen) atoms. The van der Waals surface area contributed by atoms with E-state index in [4.69, 9.17) is 15.2 Å². The molecule has 0 aliphatic rings. The van der Waals surface area contributed by atoms with E-state index in [1.54, 1.807) is 0 Å². The summed E-state index contributed by atoms with van der Waals surface area (Å²) in [6, 6.07) is 63.4. The lowest BCUT2D eigenvalue weighted by Crippen LogP contribution is -1.96. The summed E-state index contributed by atoms with van der Waals surface area (Å²) in [6.07, 6.45) is 0. The van der Waals surface area contributed by atoms with Gasteiger partial charge in [0, 0.05) is 11.1 Å². The highest BCUT2D eigenvalue weighted by atomic mass is 14.8. The van der Waals surface area contributed by atoms with Gasteiger partial charge in [-0.1, -0.05) is 152 Å². The van der Waals surface area contributed by atoms with Crippen LogP contribution in [0.15, 0.2) is 176 Å². The Labute approximate surface area is 290 Å². The van der Waals surface area contributed by atoms with Crippen molar-refractivity contribution in [3.05, 3.63) is 181 Å². The summed E-state index contributed by atoms with van der Waals surface area (Å²) in [5.41, 5.74) is 13.2. The van der Waals surface area contributed by atoms with Crippen LogP contribution in [0.25, 0.3) is 88.5 Å². The highest BCUT2D eigenvalue weighted by Gasteiger charge is 2.16. The number of hydrogen-bond acceptors (Lipinski definition) is 3. The molecule has 0 N–H and O–H groups in total. The Balaban J connectivity index is 1.10. The van der Waals surface area contributed by atoms with Crippen molar-refractivity contribution in [3.63, 3.8) is 0 Å². The number of hydrogen-bond donors (Lipinski definition) is 0. The van der Waals surface area contributed by atoms with Crippen molar-refractivity contribution in [2.45, 2.75) is 0 Å². The Morgan fingerprint density at radius 3 is 1.40 bits per heavy atom. The normalized spacial score (nSPS) is 11.2. The van der Waals surface area contributed by atoms with Gasteiger partial charge in [0.25, 0.3) is 0 Å². The second-order valence-corrected chi connectivity index (χ2v) is 12.5. The van der Waals surface area contributed by atoms with Crippen LogP contribution in [-0.2, 0) is 0 Å². The Bertz CT molecular complexity index is 2730. The SMILES string of the molecule is N#Cc1ccc(-c2ccc(-c3ccc(-c4ccc(-c5nc6ccccc6nc5-c5cccc6ccccc56)cc4)c4ccccc34)cc2)cc1. The van der Waals surface area contributed by atoms with Gasteiger partial charge < -0.3 is 0 Å². The van der Waals surface area contributed by atoms with Crippen LogP contribution >= 0.6 is 0 Å². The van der Waals surface area contributed by atoms with Gasteiger partial charge in [0.15, 0.2) is 0 Å². The number of aromatic nitrogens is 2. The number of nitrogens with zero attached hydrogens (tertiary/aromatic N) is 3. The van der Waals surface area contributed by atoms with Gasteiger partial charge in [-0.05, 0) is 79.2 Å². The first-order chi connectivity index (χ1) is 24.7. The van der Waals surface area contributed by atoms with E-state index >= 15 is 0 Å². The fourth-order valence-electron chi connectivity index (χ4n) is 7.01. The molecule has 0 aliphatic heterocycles. The molecule has 0 fully saturated rings. The molecule has 0 amide bonds. The van der Waals surface area contributed by atoms with E-state index in [1.807, 2.05) is 48.5 Å². The third kappa shape index (κ3) is 5.17. The van der Waals surface area contributed by atoms with Gasteiger partial charge in [0.2, 0.25) is 0 Å². The average molecular weight is 636 g/mol. The minimum absolute atomic E-state index is 0.666. The molecule has 9 aromatic rings. The van der Waals surface area contributed by atoms with E-state index in [-0.39, 0.29) is 0 Å². The molecule has 0 bridgehead atoms. The topological polar surface area (TPSA) is 49.6 Å². The molecule has 1 heterocycles. The second kappa shape index (κ2) is 12.3. The largest absolute Gasteiger partial charge is 0.244 e. The van der Waals surface area contributed by atoms with Gasteiger partial charge in [-0.25, -0.2) is 9.97 Å². The zero-order valence-electron chi connectivity index (χ0n) is 27.1. The molecule has 232 valence electrons. The predicted molar refractivity (Wildman–Crippen MR) is 206 cm³/mol. The summed E-state index contributed by atoms with van der Waals surface area (Å²) in [7, 11) is 0. The monoisotopic (exact) mass is 635 g/mol. The third-order valence-corrected chi connectivity index (χ3v) is 9.55. The number of para-hydroxylation sites is 2. The molecule has 8 aromatic carbocycles. The zero-order chi connectivity index (χ0) is 33.4. The lowest BCUT2D eigenvalue weighted by Gasteiger charge is -2.14. The zero-order valence-corrected chi connectivity index (χ0v) is 27.1. The van der Waals surface area contributed by atoms with E-state index in [9.17, 15) is 0 Å². The molecule has 0 saturated carbocycles. The van der Waals surface area contributed by atoms with Crippen molar-refractivity contribution in [1.29, 1.82) is 5.26 Å². The molecule has 0 aliphatic carbocycles. The number of nitriles is 1. The van der Waals surface area contributed by atoms with E-state index in [0.717, 1.165) is 61.2 Å². The first kappa shape index (κ1) is 29.3. The Hall–Kier alpha value is -6.89. The summed E-state index contributed by atoms with van der Waals surface area (Å²) in [5.74, 6) is 0. The molecule has 0 atom stereocenters. The first-order valence-electron chi connectivity index (χ1n) is 16.7. The highest BCUT2D eigenvalue weighted by molar-refractivity contribution is 6.05. The van der Waals surface area contributed by atoms with Crippen LogP contribution in [0.3, 0.4) is 0 Å². The Kier molecular flexibility index (Phi) is 7.19. The van der Waals surface area contributed by atoms with Crippen molar-refractivity contribution in [3.8, 4) is 62.0 Å². The average Bonchev–Trinajstić information content (AvgIpc) is 3.20. The standard InChI is InChI=1S/C47H29N3/c48-30-31-16-18-32(19-17-31)33-20-22-35(23-21-33)39-28-29-40(42-12-4-3-11-41(39)42)36-24-26-37(27-25-36)46-47(50-45-15-6-5-14-44(45)49-46)43-13-7-9-34-8-1-2-10-38(34)43/h1-29H. The summed E-state index contributed by atoms with van der Waals surface area (Å²) in [4.78, 5) is 10.4. The van der Waals surface area contributed by atoms with Crippen LogP contribution < -0.4 is 0 Å². The fraction of sp³-hybridized carbons (Fsp3) is 0. The summed E-state index contributed by atoms with van der Waals surface area (Å²) < 4.78 is 0. The van der Waals surface area contributed by atoms with E-state index in [2.05, 4.69) is 133 Å². The molecule has 9 rings (SSSR count). The van der Waals surface area contributed by atoms with Crippen LogP contribution in [0.2, 0.25) is 0 Å². The number of benzene rings is 8. The van der Waals surface area contributed by atoms with Crippen LogP contribution in [0.1, 0.15) is 5.56 Å². The van der Waals surface area contributed by atoms with E-state index in [0.29, 0.717) is 5.56 Å². The molecular weight excluding hydrogens is 607 g/mol. The summed E-state index contributed by atoms with van der Waals surface area (Å²) >= 11 is 0. The van der Waals surface area contributed by atoms with E-state index in [1.165, 1.54) is 27.3 Å². The van der Waals surface area contributed by atoms with Crippen LogP contribution in [0, 0.1) is 11.3 Å². The van der Waals surface area contributed by atoms with Crippen LogP contribution in [0.5, 0.6) is 0 Å². The van der Waals surface area contributed by atoms with Crippen molar-refractivity contribution in [2.24, 2.45) is 0 Å². The lowest BCUT2D eigenvalue weighted by molar-refractivity contribution is 1.30. The maximum atomic E-state index is 9.16. The smallest absolute Gasteiger partial charge is 0.0991 e. The van der Waals surface area contributed by atoms with Gasteiger partial charge in [0.1, 0.15) is 0 Å². The van der Waals surface area contributed by atoms with E-state index < -0.39 is 0 Å². The Morgan fingerprint density at radius 2 is 0.800 bits per heavy atom. The van der Waals surface area contributed by atoms with Gasteiger partial charge >= 0.3 is 0 Å². The highest BCUT2D eigenvalue weighted by Crippen LogP contribution is 2.39. The number of fused-ring (bicyclic) bond motifs is 3. The minimum Gasteiger partial charge on any atom is -0.244 e. The first-order valence-corrected chi connectivity index (χ1v) is 16.7. The fourth-order valence-corrected chi connectivity index (χ4v) is 7.01. The van der Waals surface area contributed by atoms with Crippen LogP contribution in [-0.4, -0.2) is 9.97 Å². The molecule has 3 heteroatoms. The maximum absolute atomic E-state index is 9.16. The second-order valence-electron chi connectivity index (χ2n) is 12.5. The van der Waals surface area contributed by atoms with Crippen molar-refractivity contribution in [2.75, 3.05) is 0 Å². The van der Waals surface area contributed by atoms with Crippen LogP contribution in [0.4, 0.5) is 0 Å². The van der Waals surface area contributed by atoms with Crippen molar-refractivity contribution in [1.82, 2.24) is 9.97 Å². The summed E-state index contributed by atoms with van der Waals surface area (Å²) in [5, 5.41) is 13.9. The van der Waals surface area contributed by atoms with Crippen molar-refractivity contribution >= 4 is 32.6 Å².